The zero-order chi connectivity index (χ0) is 16.6. The van der Waals surface area contributed by atoms with Crippen molar-refractivity contribution in [1.29, 1.82) is 0 Å². The van der Waals surface area contributed by atoms with Crippen LogP contribution in [0.1, 0.15) is 28.8 Å². The molecule has 1 aliphatic rings. The van der Waals surface area contributed by atoms with Crippen molar-refractivity contribution in [3.05, 3.63) is 70.8 Å². The standard InChI is InChI=1S/C17H13F4NO/c18-11-3-6-15(20)14(7-11)17(23)22(13-4-5-13)9-10-1-2-12(19)8-16(10)21/h1-3,6-8,13H,4-5,9H2. The van der Waals surface area contributed by atoms with Crippen LogP contribution in [-0.2, 0) is 6.54 Å². The van der Waals surface area contributed by atoms with Crippen LogP contribution in [-0.4, -0.2) is 16.8 Å². The number of benzene rings is 2. The van der Waals surface area contributed by atoms with E-state index in [-0.39, 0.29) is 23.7 Å². The van der Waals surface area contributed by atoms with Crippen molar-refractivity contribution in [3.63, 3.8) is 0 Å². The first-order valence-corrected chi connectivity index (χ1v) is 7.15. The van der Waals surface area contributed by atoms with E-state index < -0.39 is 29.2 Å². The van der Waals surface area contributed by atoms with Crippen LogP contribution < -0.4 is 0 Å². The molecule has 2 aromatic rings. The molecule has 6 heteroatoms. The summed E-state index contributed by atoms with van der Waals surface area (Å²) in [6.45, 7) is -0.119. The van der Waals surface area contributed by atoms with E-state index in [4.69, 9.17) is 0 Å². The Morgan fingerprint density at radius 2 is 1.61 bits per heavy atom. The van der Waals surface area contributed by atoms with Gasteiger partial charge in [0.15, 0.2) is 0 Å². The van der Waals surface area contributed by atoms with Crippen LogP contribution in [0.2, 0.25) is 0 Å². The molecule has 0 aliphatic heterocycles. The maximum Gasteiger partial charge on any atom is 0.257 e. The van der Waals surface area contributed by atoms with Gasteiger partial charge in [-0.15, -0.1) is 0 Å². The molecule has 0 N–H and O–H groups in total. The van der Waals surface area contributed by atoms with Crippen LogP contribution in [0.25, 0.3) is 0 Å². The highest BCUT2D eigenvalue weighted by Gasteiger charge is 2.34. The lowest BCUT2D eigenvalue weighted by Crippen LogP contribution is -2.33. The first-order chi connectivity index (χ1) is 11.0. The largest absolute Gasteiger partial charge is 0.331 e. The summed E-state index contributed by atoms with van der Waals surface area (Å²) in [5.74, 6) is -3.75. The molecule has 3 rings (SSSR count). The molecule has 2 nitrogen and oxygen atoms in total. The van der Waals surface area contributed by atoms with Crippen LogP contribution in [0, 0.1) is 23.3 Å². The third-order valence-corrected chi connectivity index (χ3v) is 3.76. The van der Waals surface area contributed by atoms with Crippen molar-refractivity contribution in [1.82, 2.24) is 4.90 Å². The van der Waals surface area contributed by atoms with Crippen LogP contribution >= 0.6 is 0 Å². The third-order valence-electron chi connectivity index (χ3n) is 3.76. The lowest BCUT2D eigenvalue weighted by atomic mass is 10.1. The molecule has 1 saturated carbocycles. The monoisotopic (exact) mass is 323 g/mol. The number of halogens is 4. The molecule has 0 unspecified atom stereocenters. The summed E-state index contributed by atoms with van der Waals surface area (Å²) < 4.78 is 53.8. The predicted octanol–water partition coefficient (Wildman–Crippen LogP) is 4.05. The Balaban J connectivity index is 1.89. The van der Waals surface area contributed by atoms with Gasteiger partial charge in [-0.3, -0.25) is 4.79 Å². The second-order valence-corrected chi connectivity index (χ2v) is 5.52. The van der Waals surface area contributed by atoms with Crippen molar-refractivity contribution in [2.75, 3.05) is 0 Å². The molecule has 1 amide bonds. The summed E-state index contributed by atoms with van der Waals surface area (Å²) >= 11 is 0. The van der Waals surface area contributed by atoms with Gasteiger partial charge in [-0.05, 0) is 37.1 Å². The maximum atomic E-state index is 13.8. The maximum absolute atomic E-state index is 13.8. The summed E-state index contributed by atoms with van der Waals surface area (Å²) in [5.41, 5.74) is -0.261. The quantitative estimate of drug-likeness (QED) is 0.778. The Hall–Kier alpha value is -2.37. The van der Waals surface area contributed by atoms with E-state index in [1.807, 2.05) is 0 Å². The summed E-state index contributed by atoms with van der Waals surface area (Å²) in [6, 6.07) is 5.56. The van der Waals surface area contributed by atoms with E-state index in [0.717, 1.165) is 30.3 Å². The van der Waals surface area contributed by atoms with Gasteiger partial charge in [0, 0.05) is 24.2 Å². The zero-order valence-electron chi connectivity index (χ0n) is 12.0. The van der Waals surface area contributed by atoms with Crippen molar-refractivity contribution in [2.24, 2.45) is 0 Å². The van der Waals surface area contributed by atoms with E-state index >= 15 is 0 Å². The van der Waals surface area contributed by atoms with E-state index in [0.29, 0.717) is 12.8 Å². The Morgan fingerprint density at radius 1 is 0.957 bits per heavy atom. The minimum absolute atomic E-state index is 0.119. The van der Waals surface area contributed by atoms with Crippen molar-refractivity contribution in [3.8, 4) is 0 Å². The molecule has 0 radical (unpaired) electrons. The van der Waals surface area contributed by atoms with Gasteiger partial charge in [-0.1, -0.05) is 6.07 Å². The molecule has 0 spiro atoms. The van der Waals surface area contributed by atoms with E-state index in [1.165, 1.54) is 11.0 Å². The van der Waals surface area contributed by atoms with Gasteiger partial charge in [-0.2, -0.15) is 0 Å². The fourth-order valence-electron chi connectivity index (χ4n) is 2.40. The van der Waals surface area contributed by atoms with Crippen LogP contribution in [0.4, 0.5) is 17.6 Å². The highest BCUT2D eigenvalue weighted by molar-refractivity contribution is 5.94. The Bertz CT molecular complexity index is 758. The zero-order valence-corrected chi connectivity index (χ0v) is 12.0. The van der Waals surface area contributed by atoms with Gasteiger partial charge >= 0.3 is 0 Å². The lowest BCUT2D eigenvalue weighted by molar-refractivity contribution is 0.0723. The molecule has 0 saturated heterocycles. The van der Waals surface area contributed by atoms with Crippen molar-refractivity contribution >= 4 is 5.91 Å². The van der Waals surface area contributed by atoms with Gasteiger partial charge in [-0.25, -0.2) is 17.6 Å². The normalized spacial score (nSPS) is 13.9. The number of amides is 1. The number of nitrogens with zero attached hydrogens (tertiary/aromatic N) is 1. The van der Waals surface area contributed by atoms with Crippen LogP contribution in [0.15, 0.2) is 36.4 Å². The summed E-state index contributed by atoms with van der Waals surface area (Å²) in [7, 11) is 0. The molecule has 1 aliphatic carbocycles. The Morgan fingerprint density at radius 3 is 2.26 bits per heavy atom. The van der Waals surface area contributed by atoms with E-state index in [9.17, 15) is 22.4 Å². The van der Waals surface area contributed by atoms with Crippen molar-refractivity contribution < 1.29 is 22.4 Å². The number of carbonyl (C=O) groups excluding carboxylic acids is 1. The Kier molecular flexibility index (Phi) is 4.07. The first-order valence-electron chi connectivity index (χ1n) is 7.15. The minimum atomic E-state index is -0.832. The van der Waals surface area contributed by atoms with Gasteiger partial charge < -0.3 is 4.90 Å². The summed E-state index contributed by atoms with van der Waals surface area (Å²) in [4.78, 5) is 13.8. The highest BCUT2D eigenvalue weighted by atomic mass is 19.1. The minimum Gasteiger partial charge on any atom is -0.331 e. The molecule has 120 valence electrons. The molecule has 23 heavy (non-hydrogen) atoms. The molecule has 0 aromatic heterocycles. The number of hydrogen-bond acceptors (Lipinski definition) is 1. The average Bonchev–Trinajstić information content (AvgIpc) is 3.33. The number of hydrogen-bond donors (Lipinski definition) is 0. The Labute approximate surface area is 130 Å². The van der Waals surface area contributed by atoms with E-state index in [2.05, 4.69) is 0 Å². The van der Waals surface area contributed by atoms with Gasteiger partial charge in [0.05, 0.1) is 5.56 Å². The summed E-state index contributed by atoms with van der Waals surface area (Å²) in [5, 5.41) is 0. The highest BCUT2D eigenvalue weighted by Crippen LogP contribution is 2.31. The predicted molar refractivity (Wildman–Crippen MR) is 75.6 cm³/mol. The molecular weight excluding hydrogens is 310 g/mol. The fourth-order valence-corrected chi connectivity index (χ4v) is 2.40. The SMILES string of the molecule is O=C(c1cc(F)ccc1F)N(Cc1ccc(F)cc1F)C1CC1. The van der Waals surface area contributed by atoms with Gasteiger partial charge in [0.1, 0.15) is 23.3 Å². The second-order valence-electron chi connectivity index (χ2n) is 5.52. The molecule has 1 fully saturated rings. The fraction of sp³-hybridized carbons (Fsp3) is 0.235. The molecule has 0 bridgehead atoms. The average molecular weight is 323 g/mol. The van der Waals surface area contributed by atoms with Crippen LogP contribution in [0.5, 0.6) is 0 Å². The molecule has 0 heterocycles. The second kappa shape index (κ2) is 6.02. The van der Waals surface area contributed by atoms with Gasteiger partial charge in [0.2, 0.25) is 0 Å². The topological polar surface area (TPSA) is 20.3 Å². The van der Waals surface area contributed by atoms with Crippen LogP contribution in [0.3, 0.4) is 0 Å². The van der Waals surface area contributed by atoms with Gasteiger partial charge in [0.25, 0.3) is 5.91 Å². The lowest BCUT2D eigenvalue weighted by Gasteiger charge is -2.23. The molecule has 2 aromatic carbocycles. The smallest absolute Gasteiger partial charge is 0.257 e. The first kappa shape index (κ1) is 15.5. The van der Waals surface area contributed by atoms with Crippen molar-refractivity contribution in [2.45, 2.75) is 25.4 Å². The summed E-state index contributed by atoms with van der Waals surface area (Å²) in [6.07, 6.45) is 1.43. The van der Waals surface area contributed by atoms with E-state index in [1.54, 1.807) is 0 Å². The molecule has 0 atom stereocenters. The number of carbonyl (C=O) groups is 1. The molecular formula is C17H13F4NO. The number of rotatable bonds is 4. The third kappa shape index (κ3) is 3.36.